The molecule has 0 saturated carbocycles. The molecule has 0 unspecified atom stereocenters. The minimum absolute atomic E-state index is 0.00553. The second-order valence-electron chi connectivity index (χ2n) is 5.11. The van der Waals surface area contributed by atoms with Crippen molar-refractivity contribution in [2.75, 3.05) is 5.75 Å². The maximum Gasteiger partial charge on any atom is 0.313 e. The fraction of sp³-hybridized carbons (Fsp3) is 0.111. The van der Waals surface area contributed by atoms with E-state index in [-0.39, 0.29) is 5.75 Å². The van der Waals surface area contributed by atoms with Crippen LogP contribution in [0.2, 0.25) is 5.02 Å². The second kappa shape index (κ2) is 6.60. The third-order valence-corrected chi connectivity index (χ3v) is 4.89. The number of halogens is 1. The zero-order chi connectivity index (χ0) is 16.4. The van der Waals surface area contributed by atoms with Crippen molar-refractivity contribution in [2.24, 2.45) is 0 Å². The highest BCUT2D eigenvalue weighted by Crippen LogP contribution is 2.39. The quantitative estimate of drug-likeness (QED) is 0.674. The molecule has 0 spiro atoms. The van der Waals surface area contributed by atoms with Gasteiger partial charge in [0.1, 0.15) is 0 Å². The predicted molar refractivity (Wildman–Crippen MR) is 95.3 cm³/mol. The van der Waals surface area contributed by atoms with Crippen LogP contribution in [0.4, 0.5) is 0 Å². The van der Waals surface area contributed by atoms with Crippen molar-refractivity contribution < 1.29 is 9.90 Å². The van der Waals surface area contributed by atoms with Crippen LogP contribution in [0.25, 0.3) is 22.0 Å². The molecular formula is C18H14ClNO2S. The van der Waals surface area contributed by atoms with E-state index in [1.54, 1.807) is 0 Å². The van der Waals surface area contributed by atoms with Crippen molar-refractivity contribution in [3.63, 3.8) is 0 Å². The van der Waals surface area contributed by atoms with E-state index in [4.69, 9.17) is 16.7 Å². The number of hydrogen-bond donors (Lipinski definition) is 1. The Kier molecular flexibility index (Phi) is 4.55. The van der Waals surface area contributed by atoms with E-state index in [0.29, 0.717) is 5.02 Å². The molecule has 0 aliphatic carbocycles. The van der Waals surface area contributed by atoms with Crippen LogP contribution in [0.5, 0.6) is 0 Å². The zero-order valence-corrected chi connectivity index (χ0v) is 14.0. The van der Waals surface area contributed by atoms with E-state index >= 15 is 0 Å². The number of pyridine rings is 1. The Labute approximate surface area is 143 Å². The summed E-state index contributed by atoms with van der Waals surface area (Å²) in [6, 6.07) is 15.5. The standard InChI is InChI=1S/C18H14ClNO2S/c1-11-18(23-10-16(21)22)17(12-5-3-2-4-6-12)14-9-13(19)7-8-15(14)20-11/h2-9H,10H2,1H3,(H,21,22). The van der Waals surface area contributed by atoms with Crippen molar-refractivity contribution in [3.8, 4) is 11.1 Å². The Morgan fingerprint density at radius 2 is 1.96 bits per heavy atom. The fourth-order valence-electron chi connectivity index (χ4n) is 2.54. The number of benzene rings is 2. The summed E-state index contributed by atoms with van der Waals surface area (Å²) in [5, 5.41) is 10.6. The van der Waals surface area contributed by atoms with Crippen molar-refractivity contribution >= 4 is 40.2 Å². The van der Waals surface area contributed by atoms with Gasteiger partial charge in [-0.2, -0.15) is 0 Å². The average molecular weight is 344 g/mol. The predicted octanol–water partition coefficient (Wildman–Crippen LogP) is 5.04. The third kappa shape index (κ3) is 3.33. The van der Waals surface area contributed by atoms with Gasteiger partial charge in [0.05, 0.1) is 17.0 Å². The molecule has 0 aliphatic rings. The Morgan fingerprint density at radius 1 is 1.22 bits per heavy atom. The molecule has 23 heavy (non-hydrogen) atoms. The number of carboxylic acids is 1. The lowest BCUT2D eigenvalue weighted by Crippen LogP contribution is -2.00. The van der Waals surface area contributed by atoms with Gasteiger partial charge >= 0.3 is 5.97 Å². The SMILES string of the molecule is Cc1nc2ccc(Cl)cc2c(-c2ccccc2)c1SCC(=O)O. The molecule has 0 aliphatic heterocycles. The van der Waals surface area contributed by atoms with Gasteiger partial charge in [-0.25, -0.2) is 0 Å². The molecule has 3 nitrogen and oxygen atoms in total. The number of thioether (sulfide) groups is 1. The molecule has 0 amide bonds. The smallest absolute Gasteiger partial charge is 0.313 e. The van der Waals surface area contributed by atoms with Gasteiger partial charge in [0.25, 0.3) is 0 Å². The Balaban J connectivity index is 2.31. The summed E-state index contributed by atoms with van der Waals surface area (Å²) in [4.78, 5) is 16.5. The number of fused-ring (bicyclic) bond motifs is 1. The molecule has 3 rings (SSSR count). The minimum atomic E-state index is -0.848. The number of carbonyl (C=O) groups is 1. The molecular weight excluding hydrogens is 330 g/mol. The summed E-state index contributed by atoms with van der Waals surface area (Å²) in [5.74, 6) is -0.853. The van der Waals surface area contributed by atoms with Crippen molar-refractivity contribution in [2.45, 2.75) is 11.8 Å². The normalized spacial score (nSPS) is 10.9. The van der Waals surface area contributed by atoms with Gasteiger partial charge in [0.15, 0.2) is 0 Å². The van der Waals surface area contributed by atoms with E-state index in [9.17, 15) is 4.79 Å². The van der Waals surface area contributed by atoms with Crippen LogP contribution >= 0.6 is 23.4 Å². The van der Waals surface area contributed by atoms with Gasteiger partial charge in [0.2, 0.25) is 0 Å². The van der Waals surface area contributed by atoms with Gasteiger partial charge in [-0.05, 0) is 30.7 Å². The van der Waals surface area contributed by atoms with Crippen LogP contribution in [-0.2, 0) is 4.79 Å². The first-order chi connectivity index (χ1) is 11.1. The number of aromatic nitrogens is 1. The molecule has 0 fully saturated rings. The lowest BCUT2D eigenvalue weighted by molar-refractivity contribution is -0.133. The van der Waals surface area contributed by atoms with Crippen LogP contribution in [0.3, 0.4) is 0 Å². The lowest BCUT2D eigenvalue weighted by Gasteiger charge is -2.15. The number of nitrogens with zero attached hydrogens (tertiary/aromatic N) is 1. The van der Waals surface area contributed by atoms with Crippen molar-refractivity contribution in [3.05, 3.63) is 59.2 Å². The molecule has 3 aromatic rings. The summed E-state index contributed by atoms with van der Waals surface area (Å²) < 4.78 is 0. The maximum absolute atomic E-state index is 11.0. The van der Waals surface area contributed by atoms with Crippen LogP contribution in [0, 0.1) is 6.92 Å². The molecule has 0 saturated heterocycles. The van der Waals surface area contributed by atoms with Gasteiger partial charge < -0.3 is 5.11 Å². The van der Waals surface area contributed by atoms with Gasteiger partial charge in [0, 0.05) is 20.9 Å². The van der Waals surface area contributed by atoms with E-state index < -0.39 is 5.97 Å². The fourth-order valence-corrected chi connectivity index (χ4v) is 3.61. The first-order valence-corrected chi connectivity index (χ1v) is 8.42. The summed E-state index contributed by atoms with van der Waals surface area (Å²) in [7, 11) is 0. The average Bonchev–Trinajstić information content (AvgIpc) is 2.53. The zero-order valence-electron chi connectivity index (χ0n) is 12.4. The van der Waals surface area contributed by atoms with Gasteiger partial charge in [-0.1, -0.05) is 41.9 Å². The van der Waals surface area contributed by atoms with Crippen LogP contribution < -0.4 is 0 Å². The molecule has 0 bridgehead atoms. The van der Waals surface area contributed by atoms with Crippen LogP contribution in [-0.4, -0.2) is 21.8 Å². The number of rotatable bonds is 4. The molecule has 1 heterocycles. The van der Waals surface area contributed by atoms with Gasteiger partial charge in [-0.15, -0.1) is 11.8 Å². The van der Waals surface area contributed by atoms with Crippen LogP contribution in [0.15, 0.2) is 53.4 Å². The van der Waals surface area contributed by atoms with Crippen LogP contribution in [0.1, 0.15) is 5.69 Å². The van der Waals surface area contributed by atoms with Crippen molar-refractivity contribution in [1.29, 1.82) is 0 Å². The highest BCUT2D eigenvalue weighted by atomic mass is 35.5. The van der Waals surface area contributed by atoms with E-state index in [0.717, 1.165) is 32.6 Å². The monoisotopic (exact) mass is 343 g/mol. The summed E-state index contributed by atoms with van der Waals surface area (Å²) >= 11 is 7.46. The largest absolute Gasteiger partial charge is 0.481 e. The first-order valence-electron chi connectivity index (χ1n) is 7.06. The van der Waals surface area contributed by atoms with E-state index in [1.807, 2.05) is 55.5 Å². The molecule has 5 heteroatoms. The first kappa shape index (κ1) is 15.8. The molecule has 116 valence electrons. The Hall–Kier alpha value is -2.04. The van der Waals surface area contributed by atoms with E-state index in [1.165, 1.54) is 11.8 Å². The Bertz CT molecular complexity index is 881. The molecule has 1 aromatic heterocycles. The molecule has 0 atom stereocenters. The Morgan fingerprint density at radius 3 is 2.65 bits per heavy atom. The third-order valence-electron chi connectivity index (χ3n) is 3.47. The maximum atomic E-state index is 11.0. The molecule has 0 radical (unpaired) electrons. The summed E-state index contributed by atoms with van der Waals surface area (Å²) in [6.07, 6.45) is 0. The van der Waals surface area contributed by atoms with Crippen molar-refractivity contribution in [1.82, 2.24) is 4.98 Å². The highest BCUT2D eigenvalue weighted by molar-refractivity contribution is 8.00. The summed E-state index contributed by atoms with van der Waals surface area (Å²) in [6.45, 7) is 1.91. The summed E-state index contributed by atoms with van der Waals surface area (Å²) in [5.41, 5.74) is 3.69. The topological polar surface area (TPSA) is 50.2 Å². The molecule has 2 aromatic carbocycles. The van der Waals surface area contributed by atoms with Gasteiger partial charge in [-0.3, -0.25) is 9.78 Å². The second-order valence-corrected chi connectivity index (χ2v) is 6.53. The number of carboxylic acid groups (broad SMARTS) is 1. The number of aliphatic carboxylic acids is 1. The highest BCUT2D eigenvalue weighted by Gasteiger charge is 2.16. The van der Waals surface area contributed by atoms with E-state index in [2.05, 4.69) is 4.98 Å². The number of aryl methyl sites for hydroxylation is 1. The lowest BCUT2D eigenvalue weighted by atomic mass is 10.00. The minimum Gasteiger partial charge on any atom is -0.481 e. The number of hydrogen-bond acceptors (Lipinski definition) is 3. The molecule has 1 N–H and O–H groups in total.